The molecule has 1 heterocycles. The lowest BCUT2D eigenvalue weighted by Gasteiger charge is -2.25. The van der Waals surface area contributed by atoms with Crippen molar-refractivity contribution >= 4 is 0 Å². The van der Waals surface area contributed by atoms with E-state index in [2.05, 4.69) is 5.32 Å². The maximum absolute atomic E-state index is 12.0. The third kappa shape index (κ3) is 2.01. The Bertz CT molecular complexity index is 238. The van der Waals surface area contributed by atoms with Crippen molar-refractivity contribution in [1.29, 1.82) is 0 Å². The van der Waals surface area contributed by atoms with Gasteiger partial charge < -0.3 is 11.1 Å². The van der Waals surface area contributed by atoms with Crippen molar-refractivity contribution in [2.45, 2.75) is 18.8 Å². The summed E-state index contributed by atoms with van der Waals surface area (Å²) in [7, 11) is 0. The second-order valence-electron chi connectivity index (χ2n) is 2.86. The standard InChI is InChI=1S/C7H9F3N2/c1-6(11)3-2-5(4-12-6)7(8,9)10/h2-4,12H,11H2,1H3. The molecule has 1 atom stereocenters. The fourth-order valence-electron chi connectivity index (χ4n) is 0.769. The second kappa shape index (κ2) is 2.52. The van der Waals surface area contributed by atoms with Gasteiger partial charge in [-0.05, 0) is 19.1 Å². The van der Waals surface area contributed by atoms with Crippen LogP contribution in [0.4, 0.5) is 13.2 Å². The first-order valence-electron chi connectivity index (χ1n) is 3.34. The molecule has 12 heavy (non-hydrogen) atoms. The molecule has 0 saturated carbocycles. The minimum Gasteiger partial charge on any atom is -0.370 e. The average Bonchev–Trinajstić information content (AvgIpc) is 1.83. The fraction of sp³-hybridized carbons (Fsp3) is 0.429. The maximum Gasteiger partial charge on any atom is 0.417 e. The molecule has 2 nitrogen and oxygen atoms in total. The molecule has 1 aliphatic heterocycles. The molecule has 1 rings (SSSR count). The Hall–Kier alpha value is -0.970. The van der Waals surface area contributed by atoms with Crippen LogP contribution >= 0.6 is 0 Å². The number of hydrogen-bond donors (Lipinski definition) is 2. The summed E-state index contributed by atoms with van der Waals surface area (Å²) < 4.78 is 36.0. The van der Waals surface area contributed by atoms with E-state index in [1.165, 1.54) is 6.08 Å². The molecule has 0 bridgehead atoms. The van der Waals surface area contributed by atoms with Crippen LogP contribution in [0.2, 0.25) is 0 Å². The highest BCUT2D eigenvalue weighted by molar-refractivity contribution is 5.29. The lowest BCUT2D eigenvalue weighted by Crippen LogP contribution is -2.48. The zero-order chi connectivity index (χ0) is 9.41. The fourth-order valence-corrected chi connectivity index (χ4v) is 0.769. The summed E-state index contributed by atoms with van der Waals surface area (Å²) in [5.41, 5.74) is 3.88. The summed E-state index contributed by atoms with van der Waals surface area (Å²) in [6, 6.07) is 0. The number of nitrogens with two attached hydrogens (primary N) is 1. The minimum atomic E-state index is -4.31. The highest BCUT2D eigenvalue weighted by Gasteiger charge is 2.34. The number of alkyl halides is 3. The molecule has 0 fully saturated rings. The molecule has 0 aromatic carbocycles. The summed E-state index contributed by atoms with van der Waals surface area (Å²) in [6.07, 6.45) is -1.19. The SMILES string of the molecule is CC1(N)C=CC(C(F)(F)F)=CN1. The second-order valence-corrected chi connectivity index (χ2v) is 2.86. The van der Waals surface area contributed by atoms with Gasteiger partial charge in [0.05, 0.1) is 5.57 Å². The summed E-state index contributed by atoms with van der Waals surface area (Å²) in [5.74, 6) is 0. The van der Waals surface area contributed by atoms with Crippen molar-refractivity contribution in [2.24, 2.45) is 5.73 Å². The van der Waals surface area contributed by atoms with Gasteiger partial charge in [-0.15, -0.1) is 0 Å². The number of nitrogens with one attached hydrogen (secondary N) is 1. The van der Waals surface area contributed by atoms with Gasteiger partial charge in [0.15, 0.2) is 0 Å². The van der Waals surface area contributed by atoms with Crippen molar-refractivity contribution < 1.29 is 13.2 Å². The molecular weight excluding hydrogens is 169 g/mol. The van der Waals surface area contributed by atoms with Gasteiger partial charge in [0, 0.05) is 6.20 Å². The van der Waals surface area contributed by atoms with E-state index < -0.39 is 17.4 Å². The molecule has 0 aliphatic carbocycles. The number of hydrogen-bond acceptors (Lipinski definition) is 2. The summed E-state index contributed by atoms with van der Waals surface area (Å²) in [4.78, 5) is 0. The molecule has 68 valence electrons. The van der Waals surface area contributed by atoms with Gasteiger partial charge in [-0.2, -0.15) is 13.2 Å². The smallest absolute Gasteiger partial charge is 0.370 e. The Kier molecular flexibility index (Phi) is 1.91. The molecule has 3 N–H and O–H groups in total. The van der Waals surface area contributed by atoms with Gasteiger partial charge in [0.25, 0.3) is 0 Å². The highest BCUT2D eigenvalue weighted by Crippen LogP contribution is 2.28. The maximum atomic E-state index is 12.0. The molecule has 1 aliphatic rings. The van der Waals surface area contributed by atoms with Gasteiger partial charge in [0.2, 0.25) is 0 Å². The molecule has 0 radical (unpaired) electrons. The van der Waals surface area contributed by atoms with Crippen molar-refractivity contribution in [3.05, 3.63) is 23.9 Å². The predicted molar refractivity (Wildman–Crippen MR) is 39.0 cm³/mol. The Morgan fingerprint density at radius 2 is 2.08 bits per heavy atom. The van der Waals surface area contributed by atoms with E-state index in [-0.39, 0.29) is 0 Å². The van der Waals surface area contributed by atoms with Crippen molar-refractivity contribution in [3.63, 3.8) is 0 Å². The van der Waals surface area contributed by atoms with Crippen LogP contribution in [0.1, 0.15) is 6.92 Å². The summed E-state index contributed by atoms with van der Waals surface area (Å²) in [6.45, 7) is 1.58. The zero-order valence-corrected chi connectivity index (χ0v) is 6.44. The van der Waals surface area contributed by atoms with Crippen LogP contribution < -0.4 is 11.1 Å². The Balaban J connectivity index is 2.78. The van der Waals surface area contributed by atoms with Crippen molar-refractivity contribution in [1.82, 2.24) is 5.32 Å². The minimum absolute atomic E-state index is 0.717. The summed E-state index contributed by atoms with van der Waals surface area (Å²) in [5, 5.41) is 2.42. The van der Waals surface area contributed by atoms with Gasteiger partial charge in [-0.1, -0.05) is 0 Å². The monoisotopic (exact) mass is 178 g/mol. The Morgan fingerprint density at radius 1 is 1.50 bits per heavy atom. The number of halogens is 3. The van der Waals surface area contributed by atoms with E-state index in [4.69, 9.17) is 5.73 Å². The normalized spacial score (nSPS) is 29.6. The number of allylic oxidation sites excluding steroid dienone is 2. The van der Waals surface area contributed by atoms with Gasteiger partial charge in [-0.3, -0.25) is 0 Å². The first kappa shape index (κ1) is 9.12. The van der Waals surface area contributed by atoms with Crippen LogP contribution in [0.3, 0.4) is 0 Å². The molecule has 0 amide bonds. The number of dihydropyridines is 1. The van der Waals surface area contributed by atoms with Crippen LogP contribution in [0.5, 0.6) is 0 Å². The van der Waals surface area contributed by atoms with E-state index in [1.54, 1.807) is 6.92 Å². The van der Waals surface area contributed by atoms with E-state index in [9.17, 15) is 13.2 Å². The first-order chi connectivity index (χ1) is 5.31. The third-order valence-corrected chi connectivity index (χ3v) is 1.48. The molecule has 0 aromatic rings. The quantitative estimate of drug-likeness (QED) is 0.586. The largest absolute Gasteiger partial charge is 0.417 e. The van der Waals surface area contributed by atoms with E-state index >= 15 is 0 Å². The number of rotatable bonds is 0. The average molecular weight is 178 g/mol. The van der Waals surface area contributed by atoms with Crippen LogP contribution in [-0.4, -0.2) is 11.8 Å². The van der Waals surface area contributed by atoms with E-state index in [0.717, 1.165) is 12.3 Å². The van der Waals surface area contributed by atoms with Crippen molar-refractivity contribution in [3.8, 4) is 0 Å². The first-order valence-corrected chi connectivity index (χ1v) is 3.34. The molecule has 0 saturated heterocycles. The topological polar surface area (TPSA) is 38.0 Å². The van der Waals surface area contributed by atoms with Crippen LogP contribution in [0.25, 0.3) is 0 Å². The van der Waals surface area contributed by atoms with Crippen LogP contribution in [0.15, 0.2) is 23.9 Å². The van der Waals surface area contributed by atoms with Crippen LogP contribution in [-0.2, 0) is 0 Å². The predicted octanol–water partition coefficient (Wildman–Crippen LogP) is 1.27. The third-order valence-electron chi connectivity index (χ3n) is 1.48. The zero-order valence-electron chi connectivity index (χ0n) is 6.44. The van der Waals surface area contributed by atoms with E-state index in [0.29, 0.717) is 0 Å². The Labute approximate surface area is 67.9 Å². The van der Waals surface area contributed by atoms with Gasteiger partial charge in [-0.25, -0.2) is 0 Å². The molecule has 1 unspecified atom stereocenters. The summed E-state index contributed by atoms with van der Waals surface area (Å²) >= 11 is 0. The van der Waals surface area contributed by atoms with Crippen molar-refractivity contribution in [2.75, 3.05) is 0 Å². The highest BCUT2D eigenvalue weighted by atomic mass is 19.4. The van der Waals surface area contributed by atoms with Gasteiger partial charge in [0.1, 0.15) is 5.66 Å². The molecular formula is C7H9F3N2. The lowest BCUT2D eigenvalue weighted by atomic mass is 10.1. The molecule has 5 heteroatoms. The molecule has 0 spiro atoms. The Morgan fingerprint density at radius 3 is 2.42 bits per heavy atom. The molecule has 0 aromatic heterocycles. The van der Waals surface area contributed by atoms with Gasteiger partial charge >= 0.3 is 6.18 Å². The lowest BCUT2D eigenvalue weighted by molar-refractivity contribution is -0.0889. The van der Waals surface area contributed by atoms with Crippen LogP contribution in [0, 0.1) is 0 Å². The van der Waals surface area contributed by atoms with E-state index in [1.807, 2.05) is 0 Å².